The second-order valence-corrected chi connectivity index (χ2v) is 9.29. The lowest BCUT2D eigenvalue weighted by atomic mass is 9.97. The molecule has 0 aliphatic carbocycles. The molecule has 2 fully saturated rings. The average Bonchev–Trinajstić information content (AvgIpc) is 2.77. The van der Waals surface area contributed by atoms with Gasteiger partial charge in [0.05, 0.1) is 13.0 Å². The third-order valence-electron chi connectivity index (χ3n) is 4.91. The Morgan fingerprint density at radius 2 is 2.03 bits per heavy atom. The number of phenolic OH excluding ortho intramolecular Hbond substituents is 2. The number of rotatable bonds is 6. The van der Waals surface area contributed by atoms with Gasteiger partial charge in [-0.15, -0.1) is 0 Å². The Labute approximate surface area is 164 Å². The third kappa shape index (κ3) is 3.22. The monoisotopic (exact) mass is 426 g/mol. The van der Waals surface area contributed by atoms with Gasteiger partial charge in [0.15, 0.2) is 27.4 Å². The van der Waals surface area contributed by atoms with Crippen LogP contribution < -0.4 is 10.7 Å². The number of carboxylic acid groups (broad SMARTS) is 1. The van der Waals surface area contributed by atoms with Gasteiger partial charge in [-0.05, 0) is 19.1 Å². The van der Waals surface area contributed by atoms with Crippen molar-refractivity contribution in [3.8, 4) is 11.5 Å². The fourth-order valence-electron chi connectivity index (χ4n) is 3.29. The molecule has 5 N–H and O–H groups in total. The fourth-order valence-corrected chi connectivity index (χ4v) is 5.50. The molecule has 0 unspecified atom stereocenters. The number of aromatic hydroxyl groups is 2. The maximum absolute atomic E-state index is 12.7. The number of benzene rings is 1. The van der Waals surface area contributed by atoms with E-state index in [1.165, 1.54) is 18.2 Å². The Bertz CT molecular complexity index is 1020. The zero-order valence-corrected chi connectivity index (χ0v) is 15.9. The number of phenols is 2. The number of carbonyl (C=O) groups is 3. The number of carbonyl (C=O) groups excluding carboxylic acids is 2. The van der Waals surface area contributed by atoms with Crippen molar-refractivity contribution in [2.24, 2.45) is 5.10 Å². The van der Waals surface area contributed by atoms with E-state index in [2.05, 4.69) is 15.8 Å². The summed E-state index contributed by atoms with van der Waals surface area (Å²) in [6, 6.07) is 2.18. The molecule has 0 spiro atoms. The molecule has 0 saturated carbocycles. The van der Waals surface area contributed by atoms with E-state index in [-0.39, 0.29) is 24.5 Å². The lowest BCUT2D eigenvalue weighted by Gasteiger charge is -2.35. The van der Waals surface area contributed by atoms with Gasteiger partial charge >= 0.3 is 5.97 Å². The summed E-state index contributed by atoms with van der Waals surface area (Å²) in [6.45, 7) is 0.834. The number of fused-ring (bicyclic) bond motifs is 1. The number of hydrazone groups is 1. The third-order valence-corrected chi connectivity index (χ3v) is 7.58. The molecule has 13 heteroatoms. The molecule has 12 nitrogen and oxygen atoms in total. The zero-order chi connectivity index (χ0) is 21.6. The van der Waals surface area contributed by atoms with Crippen molar-refractivity contribution >= 4 is 39.5 Å². The summed E-state index contributed by atoms with van der Waals surface area (Å²) < 4.78 is 23.3. The summed E-state index contributed by atoms with van der Waals surface area (Å²) in [5.41, 5.74) is 2.42. The number of hydrogen-bond donors (Lipinski definition) is 5. The Hall–Kier alpha value is -3.35. The van der Waals surface area contributed by atoms with Crippen LogP contribution in [-0.2, 0) is 24.2 Å². The number of sulfone groups is 1. The van der Waals surface area contributed by atoms with E-state index in [4.69, 9.17) is 0 Å². The van der Waals surface area contributed by atoms with Gasteiger partial charge in [-0.3, -0.25) is 9.59 Å². The molecule has 2 heterocycles. The van der Waals surface area contributed by atoms with E-state index in [1.807, 2.05) is 0 Å². The van der Waals surface area contributed by atoms with Crippen LogP contribution in [0, 0.1) is 0 Å². The Morgan fingerprint density at radius 3 is 2.62 bits per heavy atom. The minimum atomic E-state index is -4.06. The van der Waals surface area contributed by atoms with Gasteiger partial charge in [0.25, 0.3) is 5.91 Å². The number of anilines is 1. The zero-order valence-electron chi connectivity index (χ0n) is 15.1. The summed E-state index contributed by atoms with van der Waals surface area (Å²) >= 11 is 0. The largest absolute Gasteiger partial charge is 0.504 e. The standard InChI is InChI=1S/C16H18N4O8S/c1-16(14(15(25)26)20-12(24)5-13(20)29(16,27)28)7-18-19-11(23)6-17-8-2-3-9(21)10(22)4-8/h2-4,7,13-14,17,21-22H,5-6H2,1H3,(H,19,23)(H,25,26)/b18-7+/t13-,14+,16+/m1/s1. The molecule has 0 bridgehead atoms. The Morgan fingerprint density at radius 1 is 1.34 bits per heavy atom. The molecule has 1 aromatic rings. The highest BCUT2D eigenvalue weighted by atomic mass is 32.2. The van der Waals surface area contributed by atoms with Crippen molar-refractivity contribution in [3.05, 3.63) is 18.2 Å². The molecular weight excluding hydrogens is 408 g/mol. The number of nitrogens with one attached hydrogen (secondary N) is 2. The van der Waals surface area contributed by atoms with Crippen LogP contribution in [0.5, 0.6) is 11.5 Å². The van der Waals surface area contributed by atoms with Gasteiger partial charge in [-0.1, -0.05) is 0 Å². The molecule has 3 rings (SSSR count). The Balaban J connectivity index is 1.68. The number of aliphatic carboxylic acids is 1. The minimum absolute atomic E-state index is 0.286. The molecular formula is C16H18N4O8S. The average molecular weight is 426 g/mol. The number of carboxylic acids is 1. The van der Waals surface area contributed by atoms with Crippen LogP contribution in [0.2, 0.25) is 0 Å². The van der Waals surface area contributed by atoms with Crippen molar-refractivity contribution in [1.29, 1.82) is 0 Å². The number of β-lactam (4-membered cyclic amide) rings is 1. The predicted molar refractivity (Wildman–Crippen MR) is 98.9 cm³/mol. The van der Waals surface area contributed by atoms with E-state index in [9.17, 15) is 38.1 Å². The minimum Gasteiger partial charge on any atom is -0.504 e. The molecule has 0 aromatic heterocycles. The number of hydrogen-bond acceptors (Lipinski definition) is 9. The number of amides is 2. The summed E-state index contributed by atoms with van der Waals surface area (Å²) in [6.07, 6.45) is 0.530. The lowest BCUT2D eigenvalue weighted by molar-refractivity contribution is -0.156. The van der Waals surface area contributed by atoms with Crippen LogP contribution in [0.1, 0.15) is 13.3 Å². The lowest BCUT2D eigenvalue weighted by Crippen LogP contribution is -2.57. The second-order valence-electron chi connectivity index (χ2n) is 6.78. The van der Waals surface area contributed by atoms with Gasteiger partial charge in [0.1, 0.15) is 10.1 Å². The molecule has 2 saturated heterocycles. The summed E-state index contributed by atoms with van der Waals surface area (Å²) in [5.74, 6) is -3.45. The van der Waals surface area contributed by atoms with Crippen molar-refractivity contribution in [1.82, 2.24) is 10.3 Å². The second kappa shape index (κ2) is 6.92. The van der Waals surface area contributed by atoms with E-state index in [0.29, 0.717) is 5.69 Å². The van der Waals surface area contributed by atoms with Crippen LogP contribution in [0.4, 0.5) is 5.69 Å². The fraction of sp³-hybridized carbons (Fsp3) is 0.375. The first-order valence-corrected chi connectivity index (χ1v) is 9.90. The van der Waals surface area contributed by atoms with E-state index in [0.717, 1.165) is 18.0 Å². The molecule has 156 valence electrons. The highest BCUT2D eigenvalue weighted by Gasteiger charge is 2.69. The number of nitrogens with zero attached hydrogens (tertiary/aromatic N) is 2. The van der Waals surface area contributed by atoms with Crippen LogP contribution >= 0.6 is 0 Å². The highest BCUT2D eigenvalue weighted by molar-refractivity contribution is 7.94. The smallest absolute Gasteiger partial charge is 0.328 e. The van der Waals surface area contributed by atoms with Crippen molar-refractivity contribution in [3.63, 3.8) is 0 Å². The highest BCUT2D eigenvalue weighted by Crippen LogP contribution is 2.45. The van der Waals surface area contributed by atoms with E-state index in [1.54, 1.807) is 0 Å². The molecule has 2 aliphatic rings. The van der Waals surface area contributed by atoms with Gasteiger partial charge in [0, 0.05) is 18.0 Å². The van der Waals surface area contributed by atoms with Crippen LogP contribution in [0.25, 0.3) is 0 Å². The molecule has 29 heavy (non-hydrogen) atoms. The van der Waals surface area contributed by atoms with E-state index >= 15 is 0 Å². The van der Waals surface area contributed by atoms with Gasteiger partial charge < -0.3 is 25.5 Å². The molecule has 3 atom stereocenters. The first kappa shape index (κ1) is 20.4. The molecule has 2 amide bonds. The summed E-state index contributed by atoms with van der Waals surface area (Å²) in [5, 5.41) is 33.1. The van der Waals surface area contributed by atoms with Crippen molar-refractivity contribution in [2.45, 2.75) is 29.5 Å². The van der Waals surface area contributed by atoms with Gasteiger partial charge in [-0.25, -0.2) is 18.6 Å². The van der Waals surface area contributed by atoms with Crippen LogP contribution in [-0.4, -0.2) is 75.3 Å². The van der Waals surface area contributed by atoms with Crippen LogP contribution in [0.3, 0.4) is 0 Å². The first-order chi connectivity index (χ1) is 13.5. The van der Waals surface area contributed by atoms with Crippen LogP contribution in [0.15, 0.2) is 23.3 Å². The SMILES string of the molecule is C[C@]1(/C=N/NC(=O)CNc2ccc(O)c(O)c2)[C@H](C(=O)O)N2C(=O)C[C@H]2S1(=O)=O. The maximum Gasteiger partial charge on any atom is 0.328 e. The quantitative estimate of drug-likeness (QED) is 0.123. The van der Waals surface area contributed by atoms with Crippen molar-refractivity contribution in [2.75, 3.05) is 11.9 Å². The summed E-state index contributed by atoms with van der Waals surface area (Å²) in [7, 11) is -4.06. The summed E-state index contributed by atoms with van der Waals surface area (Å²) in [4.78, 5) is 36.0. The van der Waals surface area contributed by atoms with Gasteiger partial charge in [0.2, 0.25) is 5.91 Å². The molecule has 1 aromatic carbocycles. The van der Waals surface area contributed by atoms with Gasteiger partial charge in [-0.2, -0.15) is 5.10 Å². The topological polar surface area (TPSA) is 186 Å². The van der Waals surface area contributed by atoms with E-state index < -0.39 is 43.8 Å². The molecule has 2 aliphatic heterocycles. The normalized spacial score (nSPS) is 27.3. The van der Waals surface area contributed by atoms with Crippen molar-refractivity contribution < 1.29 is 38.1 Å². The predicted octanol–water partition coefficient (Wildman–Crippen LogP) is -1.19. The Kier molecular flexibility index (Phi) is 4.86. The first-order valence-electron chi connectivity index (χ1n) is 8.35. The maximum atomic E-state index is 12.7. The molecule has 0 radical (unpaired) electrons.